The zero-order valence-electron chi connectivity index (χ0n) is 8.61. The molecule has 5 heteroatoms. The number of nitrogens with one attached hydrogen (secondary N) is 1. The Morgan fingerprint density at radius 2 is 2.06 bits per heavy atom. The van der Waals surface area contributed by atoms with Crippen molar-refractivity contribution in [3.63, 3.8) is 0 Å². The Hall–Kier alpha value is -0.910. The second-order valence-corrected chi connectivity index (χ2v) is 5.03. The smallest absolute Gasteiger partial charge is 0.183 e. The molecule has 0 aliphatic carbocycles. The zero-order chi connectivity index (χ0) is 11.4. The van der Waals surface area contributed by atoms with E-state index >= 15 is 0 Å². The van der Waals surface area contributed by atoms with Gasteiger partial charge in [0.15, 0.2) is 5.13 Å². The van der Waals surface area contributed by atoms with Crippen LogP contribution >= 0.6 is 27.3 Å². The lowest BCUT2D eigenvalue weighted by molar-refractivity contribution is 1.02. The third kappa shape index (κ3) is 2.81. The van der Waals surface area contributed by atoms with Gasteiger partial charge in [0, 0.05) is 28.5 Å². The van der Waals surface area contributed by atoms with E-state index in [9.17, 15) is 0 Å². The van der Waals surface area contributed by atoms with Crippen LogP contribution in [0.3, 0.4) is 0 Å². The van der Waals surface area contributed by atoms with Crippen molar-refractivity contribution >= 4 is 32.4 Å². The second kappa shape index (κ2) is 5.43. The van der Waals surface area contributed by atoms with E-state index in [1.165, 1.54) is 0 Å². The fourth-order valence-corrected chi connectivity index (χ4v) is 2.30. The molecule has 3 nitrogen and oxygen atoms in total. The van der Waals surface area contributed by atoms with Crippen molar-refractivity contribution in [2.24, 2.45) is 5.73 Å². The van der Waals surface area contributed by atoms with Crippen LogP contribution in [0.5, 0.6) is 0 Å². The van der Waals surface area contributed by atoms with Crippen LogP contribution in [0, 0.1) is 0 Å². The van der Waals surface area contributed by atoms with Gasteiger partial charge in [-0.3, -0.25) is 0 Å². The van der Waals surface area contributed by atoms with Crippen molar-refractivity contribution in [1.82, 2.24) is 4.98 Å². The number of thiazole rings is 1. The summed E-state index contributed by atoms with van der Waals surface area (Å²) in [7, 11) is 0. The molecule has 0 spiro atoms. The summed E-state index contributed by atoms with van der Waals surface area (Å²) in [4.78, 5) is 4.48. The van der Waals surface area contributed by atoms with Gasteiger partial charge < -0.3 is 11.1 Å². The molecule has 0 amide bonds. The molecule has 0 unspecified atom stereocenters. The maximum atomic E-state index is 5.42. The summed E-state index contributed by atoms with van der Waals surface area (Å²) in [6.45, 7) is 1.38. The number of hydrogen-bond donors (Lipinski definition) is 2. The van der Waals surface area contributed by atoms with Gasteiger partial charge in [-0.25, -0.2) is 4.98 Å². The lowest BCUT2D eigenvalue weighted by Gasteiger charge is -1.98. The standard InChI is InChI=1S/C11H12BrN3S/c12-9-3-1-8(2-4-9)10-7-16-11(15-10)14-6-5-13/h1-4,7H,5-6,13H2,(H,14,15). The van der Waals surface area contributed by atoms with Crippen LogP contribution < -0.4 is 11.1 Å². The van der Waals surface area contributed by atoms with E-state index in [1.54, 1.807) is 11.3 Å². The largest absolute Gasteiger partial charge is 0.360 e. The van der Waals surface area contributed by atoms with Crippen LogP contribution in [-0.2, 0) is 0 Å². The lowest BCUT2D eigenvalue weighted by atomic mass is 10.2. The quantitative estimate of drug-likeness (QED) is 0.912. The Balaban J connectivity index is 2.15. The molecule has 2 rings (SSSR count). The Labute approximate surface area is 107 Å². The van der Waals surface area contributed by atoms with E-state index < -0.39 is 0 Å². The minimum Gasteiger partial charge on any atom is -0.360 e. The van der Waals surface area contributed by atoms with Crippen LogP contribution in [0.1, 0.15) is 0 Å². The van der Waals surface area contributed by atoms with Crippen LogP contribution in [0.15, 0.2) is 34.1 Å². The summed E-state index contributed by atoms with van der Waals surface area (Å²) in [5.74, 6) is 0. The first-order chi connectivity index (χ1) is 7.79. The first kappa shape index (κ1) is 11.6. The first-order valence-electron chi connectivity index (χ1n) is 4.95. The van der Waals surface area contributed by atoms with Gasteiger partial charge in [-0.05, 0) is 12.1 Å². The molecule has 1 heterocycles. The highest BCUT2D eigenvalue weighted by atomic mass is 79.9. The minimum absolute atomic E-state index is 0.618. The number of halogens is 1. The van der Waals surface area contributed by atoms with Crippen LogP contribution in [-0.4, -0.2) is 18.1 Å². The number of aromatic nitrogens is 1. The molecule has 2 aromatic rings. The summed E-state index contributed by atoms with van der Waals surface area (Å²) in [6, 6.07) is 8.13. The minimum atomic E-state index is 0.618. The van der Waals surface area contributed by atoms with Gasteiger partial charge in [-0.2, -0.15) is 0 Å². The molecule has 0 saturated carbocycles. The van der Waals surface area contributed by atoms with Crippen LogP contribution in [0.2, 0.25) is 0 Å². The van der Waals surface area contributed by atoms with E-state index in [1.807, 2.05) is 29.6 Å². The number of nitrogens with zero attached hydrogens (tertiary/aromatic N) is 1. The van der Waals surface area contributed by atoms with Gasteiger partial charge in [0.25, 0.3) is 0 Å². The molecule has 0 bridgehead atoms. The summed E-state index contributed by atoms with van der Waals surface area (Å²) < 4.78 is 1.08. The van der Waals surface area contributed by atoms with Crippen LogP contribution in [0.4, 0.5) is 5.13 Å². The predicted octanol–water partition coefficient (Wildman–Crippen LogP) is 2.94. The van der Waals surface area contributed by atoms with Gasteiger partial charge in [0.2, 0.25) is 0 Å². The maximum absolute atomic E-state index is 5.42. The molecule has 1 aromatic heterocycles. The molecule has 84 valence electrons. The molecule has 16 heavy (non-hydrogen) atoms. The first-order valence-corrected chi connectivity index (χ1v) is 6.62. The maximum Gasteiger partial charge on any atom is 0.183 e. The van der Waals surface area contributed by atoms with E-state index in [4.69, 9.17) is 5.73 Å². The highest BCUT2D eigenvalue weighted by molar-refractivity contribution is 9.10. The monoisotopic (exact) mass is 297 g/mol. The molecule has 3 N–H and O–H groups in total. The molecule has 1 aromatic carbocycles. The fourth-order valence-electron chi connectivity index (χ4n) is 1.29. The van der Waals surface area contributed by atoms with E-state index in [2.05, 4.69) is 26.2 Å². The van der Waals surface area contributed by atoms with Crippen molar-refractivity contribution in [2.45, 2.75) is 0 Å². The number of anilines is 1. The molecule has 0 aliphatic rings. The summed E-state index contributed by atoms with van der Waals surface area (Å²) in [6.07, 6.45) is 0. The second-order valence-electron chi connectivity index (χ2n) is 3.26. The Kier molecular flexibility index (Phi) is 3.93. The number of rotatable bonds is 4. The molecule has 0 saturated heterocycles. The SMILES string of the molecule is NCCNc1nc(-c2ccc(Br)cc2)cs1. The van der Waals surface area contributed by atoms with Crippen molar-refractivity contribution in [2.75, 3.05) is 18.4 Å². The lowest BCUT2D eigenvalue weighted by Crippen LogP contribution is -2.12. The third-order valence-corrected chi connectivity index (χ3v) is 3.39. The molecule has 0 aliphatic heterocycles. The number of benzene rings is 1. The van der Waals surface area contributed by atoms with Gasteiger partial charge in [-0.1, -0.05) is 28.1 Å². The average Bonchev–Trinajstić information content (AvgIpc) is 2.76. The summed E-state index contributed by atoms with van der Waals surface area (Å²) in [5.41, 5.74) is 7.54. The Morgan fingerprint density at radius 3 is 2.75 bits per heavy atom. The number of hydrogen-bond acceptors (Lipinski definition) is 4. The average molecular weight is 298 g/mol. The highest BCUT2D eigenvalue weighted by Crippen LogP contribution is 2.25. The molecular weight excluding hydrogens is 286 g/mol. The molecule has 0 atom stereocenters. The molecule has 0 radical (unpaired) electrons. The van der Waals surface area contributed by atoms with Crippen LogP contribution in [0.25, 0.3) is 11.3 Å². The molecular formula is C11H12BrN3S. The van der Waals surface area contributed by atoms with Crippen molar-refractivity contribution in [3.8, 4) is 11.3 Å². The normalized spacial score (nSPS) is 10.4. The zero-order valence-corrected chi connectivity index (χ0v) is 11.0. The fraction of sp³-hybridized carbons (Fsp3) is 0.182. The Bertz CT molecular complexity index is 453. The Morgan fingerprint density at radius 1 is 1.31 bits per heavy atom. The predicted molar refractivity (Wildman–Crippen MR) is 72.8 cm³/mol. The molecule has 0 fully saturated rings. The summed E-state index contributed by atoms with van der Waals surface area (Å²) >= 11 is 5.01. The van der Waals surface area contributed by atoms with E-state index in [0.717, 1.165) is 27.4 Å². The van der Waals surface area contributed by atoms with Gasteiger partial charge in [0.05, 0.1) is 5.69 Å². The highest BCUT2D eigenvalue weighted by Gasteiger charge is 2.03. The third-order valence-electron chi connectivity index (χ3n) is 2.06. The topological polar surface area (TPSA) is 50.9 Å². The summed E-state index contributed by atoms with van der Waals surface area (Å²) in [5, 5.41) is 6.13. The van der Waals surface area contributed by atoms with Crippen molar-refractivity contribution in [1.29, 1.82) is 0 Å². The van der Waals surface area contributed by atoms with Gasteiger partial charge >= 0.3 is 0 Å². The van der Waals surface area contributed by atoms with Gasteiger partial charge in [0.1, 0.15) is 0 Å². The van der Waals surface area contributed by atoms with E-state index in [-0.39, 0.29) is 0 Å². The van der Waals surface area contributed by atoms with E-state index in [0.29, 0.717) is 6.54 Å². The van der Waals surface area contributed by atoms with Crippen molar-refractivity contribution < 1.29 is 0 Å². The van der Waals surface area contributed by atoms with Gasteiger partial charge in [-0.15, -0.1) is 11.3 Å². The number of nitrogens with two attached hydrogens (primary N) is 1. The van der Waals surface area contributed by atoms with Crippen molar-refractivity contribution in [3.05, 3.63) is 34.1 Å².